The lowest BCUT2D eigenvalue weighted by Crippen LogP contribution is -2.31. The molecule has 136 valence electrons. The lowest BCUT2D eigenvalue weighted by molar-refractivity contribution is -0.126. The Morgan fingerprint density at radius 2 is 1.09 bits per heavy atom. The van der Waals surface area contributed by atoms with Crippen molar-refractivity contribution in [2.45, 2.75) is 105 Å². The van der Waals surface area contributed by atoms with Gasteiger partial charge in [-0.05, 0) is 26.7 Å². The van der Waals surface area contributed by atoms with Crippen molar-refractivity contribution in [3.05, 3.63) is 11.6 Å². The topological polar surface area (TPSA) is 20.3 Å². The van der Waals surface area contributed by atoms with Crippen LogP contribution in [-0.4, -0.2) is 23.9 Å². The first kappa shape index (κ1) is 22.2. The number of amides is 1. The third-order valence-corrected chi connectivity index (χ3v) is 4.29. The molecule has 0 aliphatic heterocycles. The minimum atomic E-state index is 0.215. The molecule has 0 heterocycles. The number of allylic oxidation sites excluding steroid dienone is 1. The fourth-order valence-corrected chi connectivity index (χ4v) is 2.84. The zero-order chi connectivity index (χ0) is 17.3. The molecule has 1 amide bonds. The van der Waals surface area contributed by atoms with Gasteiger partial charge in [0.05, 0.1) is 0 Å². The molecule has 2 heteroatoms. The van der Waals surface area contributed by atoms with Crippen molar-refractivity contribution < 1.29 is 4.79 Å². The molecule has 2 nitrogen and oxygen atoms in total. The van der Waals surface area contributed by atoms with Crippen LogP contribution in [0.5, 0.6) is 0 Å². The van der Waals surface area contributed by atoms with Crippen molar-refractivity contribution in [3.63, 3.8) is 0 Å². The highest BCUT2D eigenvalue weighted by Gasteiger charge is 2.10. The maximum Gasteiger partial charge on any atom is 0.246 e. The third-order valence-electron chi connectivity index (χ3n) is 4.29. The number of hydrogen-bond acceptors (Lipinski definition) is 1. The summed E-state index contributed by atoms with van der Waals surface area (Å²) in [5.41, 5.74) is 1.10. The number of rotatable bonds is 15. The van der Waals surface area contributed by atoms with E-state index in [-0.39, 0.29) is 5.91 Å². The number of nitrogens with zero attached hydrogens (tertiary/aromatic N) is 1. The maximum atomic E-state index is 12.3. The molecule has 0 rings (SSSR count). The zero-order valence-corrected chi connectivity index (χ0v) is 16.3. The van der Waals surface area contributed by atoms with E-state index in [2.05, 4.69) is 18.7 Å². The van der Waals surface area contributed by atoms with E-state index in [9.17, 15) is 4.79 Å². The van der Waals surface area contributed by atoms with Gasteiger partial charge in [-0.2, -0.15) is 0 Å². The van der Waals surface area contributed by atoms with Crippen molar-refractivity contribution >= 4 is 5.91 Å². The highest BCUT2D eigenvalue weighted by molar-refractivity contribution is 5.88. The second-order valence-electron chi connectivity index (χ2n) is 7.08. The standard InChI is InChI=1S/C21H41NO/c1-5-7-9-11-13-15-17-22(21(23)19-20(3)4)18-16-14-12-10-8-6-2/h19H,5-18H2,1-4H3. The van der Waals surface area contributed by atoms with Crippen LogP contribution in [0.4, 0.5) is 0 Å². The molecule has 0 aliphatic carbocycles. The predicted molar refractivity (Wildman–Crippen MR) is 103 cm³/mol. The van der Waals surface area contributed by atoms with Crippen LogP contribution in [0.3, 0.4) is 0 Å². The van der Waals surface area contributed by atoms with Gasteiger partial charge in [0.1, 0.15) is 0 Å². The van der Waals surface area contributed by atoms with E-state index in [0.717, 1.165) is 31.5 Å². The summed E-state index contributed by atoms with van der Waals surface area (Å²) < 4.78 is 0. The highest BCUT2D eigenvalue weighted by atomic mass is 16.2. The molecular weight excluding hydrogens is 282 g/mol. The van der Waals surface area contributed by atoms with Gasteiger partial charge in [0, 0.05) is 19.2 Å². The van der Waals surface area contributed by atoms with E-state index in [1.54, 1.807) is 6.08 Å². The molecule has 0 saturated heterocycles. The van der Waals surface area contributed by atoms with Crippen LogP contribution in [0.25, 0.3) is 0 Å². The van der Waals surface area contributed by atoms with Crippen LogP contribution in [0, 0.1) is 0 Å². The molecule has 0 aromatic carbocycles. The van der Waals surface area contributed by atoms with Crippen LogP contribution in [-0.2, 0) is 4.79 Å². The summed E-state index contributed by atoms with van der Waals surface area (Å²) in [6.45, 7) is 10.4. The molecule has 0 aromatic rings. The first-order valence-electron chi connectivity index (χ1n) is 10.1. The second kappa shape index (κ2) is 16.1. The summed E-state index contributed by atoms with van der Waals surface area (Å²) in [6, 6.07) is 0. The van der Waals surface area contributed by atoms with Crippen LogP contribution < -0.4 is 0 Å². The quantitative estimate of drug-likeness (QED) is 0.249. The molecule has 0 bridgehead atoms. The van der Waals surface area contributed by atoms with Gasteiger partial charge in [0.15, 0.2) is 0 Å². The Bertz CT molecular complexity index is 289. The van der Waals surface area contributed by atoms with E-state index in [1.165, 1.54) is 64.2 Å². The van der Waals surface area contributed by atoms with Crippen molar-refractivity contribution in [2.75, 3.05) is 13.1 Å². The molecule has 0 fully saturated rings. The monoisotopic (exact) mass is 323 g/mol. The SMILES string of the molecule is CCCCCCCCN(CCCCCCCC)C(=O)C=C(C)C. The van der Waals surface area contributed by atoms with Gasteiger partial charge < -0.3 is 4.90 Å². The third kappa shape index (κ3) is 14.5. The lowest BCUT2D eigenvalue weighted by atomic mass is 10.1. The van der Waals surface area contributed by atoms with Crippen LogP contribution in [0.2, 0.25) is 0 Å². The average molecular weight is 324 g/mol. The molecule has 0 spiro atoms. The lowest BCUT2D eigenvalue weighted by Gasteiger charge is -2.21. The predicted octanol–water partition coefficient (Wildman–Crippen LogP) is 6.50. The molecule has 0 aliphatic rings. The van der Waals surface area contributed by atoms with Crippen molar-refractivity contribution in [2.24, 2.45) is 0 Å². The van der Waals surface area contributed by atoms with Crippen LogP contribution in [0.1, 0.15) is 105 Å². The summed E-state index contributed by atoms with van der Waals surface area (Å²) in [7, 11) is 0. The normalized spacial score (nSPS) is 10.6. The average Bonchev–Trinajstić information content (AvgIpc) is 2.51. The van der Waals surface area contributed by atoms with Crippen LogP contribution >= 0.6 is 0 Å². The Hall–Kier alpha value is -0.790. The Kier molecular flexibility index (Phi) is 15.5. The second-order valence-corrected chi connectivity index (χ2v) is 7.08. The Morgan fingerprint density at radius 3 is 1.48 bits per heavy atom. The summed E-state index contributed by atoms with van der Waals surface area (Å²) in [5.74, 6) is 0.215. The number of unbranched alkanes of at least 4 members (excludes halogenated alkanes) is 10. The molecule has 23 heavy (non-hydrogen) atoms. The first-order chi connectivity index (χ1) is 11.1. The summed E-state index contributed by atoms with van der Waals surface area (Å²) >= 11 is 0. The van der Waals surface area contributed by atoms with Gasteiger partial charge in [-0.25, -0.2) is 0 Å². The summed E-state index contributed by atoms with van der Waals surface area (Å²) in [5, 5.41) is 0. The van der Waals surface area contributed by atoms with Gasteiger partial charge in [-0.15, -0.1) is 0 Å². The fraction of sp³-hybridized carbons (Fsp3) is 0.857. The van der Waals surface area contributed by atoms with E-state index >= 15 is 0 Å². The van der Waals surface area contributed by atoms with E-state index in [1.807, 2.05) is 13.8 Å². The molecule has 0 N–H and O–H groups in total. The molecular formula is C21H41NO. The van der Waals surface area contributed by atoms with Gasteiger partial charge >= 0.3 is 0 Å². The van der Waals surface area contributed by atoms with Gasteiger partial charge in [-0.3, -0.25) is 4.79 Å². The van der Waals surface area contributed by atoms with Crippen molar-refractivity contribution in [1.82, 2.24) is 4.90 Å². The molecule has 0 unspecified atom stereocenters. The number of hydrogen-bond donors (Lipinski definition) is 0. The summed E-state index contributed by atoms with van der Waals surface area (Å²) in [6.07, 6.45) is 17.2. The minimum absolute atomic E-state index is 0.215. The Morgan fingerprint density at radius 1 is 0.696 bits per heavy atom. The summed E-state index contributed by atoms with van der Waals surface area (Å²) in [4.78, 5) is 14.4. The van der Waals surface area contributed by atoms with Crippen molar-refractivity contribution in [1.29, 1.82) is 0 Å². The minimum Gasteiger partial charge on any atom is -0.339 e. The van der Waals surface area contributed by atoms with E-state index in [4.69, 9.17) is 0 Å². The molecule has 0 aromatic heterocycles. The van der Waals surface area contributed by atoms with Gasteiger partial charge in [-0.1, -0.05) is 83.6 Å². The van der Waals surface area contributed by atoms with E-state index < -0.39 is 0 Å². The highest BCUT2D eigenvalue weighted by Crippen LogP contribution is 2.10. The van der Waals surface area contributed by atoms with E-state index in [0.29, 0.717) is 0 Å². The van der Waals surface area contributed by atoms with Gasteiger partial charge in [0.2, 0.25) is 5.91 Å². The maximum absolute atomic E-state index is 12.3. The van der Waals surface area contributed by atoms with Gasteiger partial charge in [0.25, 0.3) is 0 Å². The fourth-order valence-electron chi connectivity index (χ4n) is 2.84. The zero-order valence-electron chi connectivity index (χ0n) is 16.3. The first-order valence-corrected chi connectivity index (χ1v) is 10.1. The smallest absolute Gasteiger partial charge is 0.246 e. The molecule has 0 radical (unpaired) electrons. The number of carbonyl (C=O) groups excluding carboxylic acids is 1. The largest absolute Gasteiger partial charge is 0.339 e. The number of carbonyl (C=O) groups is 1. The van der Waals surface area contributed by atoms with Crippen molar-refractivity contribution in [3.8, 4) is 0 Å². The molecule has 0 saturated carbocycles. The Labute approximate surface area is 145 Å². The molecule has 0 atom stereocenters. The Balaban J connectivity index is 4.04. The van der Waals surface area contributed by atoms with Crippen LogP contribution in [0.15, 0.2) is 11.6 Å².